The van der Waals surface area contributed by atoms with Gasteiger partial charge in [0, 0.05) is 25.6 Å². The Labute approximate surface area is 140 Å². The van der Waals surface area contributed by atoms with Crippen LogP contribution in [0.1, 0.15) is 30.3 Å². The van der Waals surface area contributed by atoms with E-state index >= 15 is 0 Å². The van der Waals surface area contributed by atoms with Gasteiger partial charge in [0.1, 0.15) is 5.75 Å². The number of nitrogens with zero attached hydrogens (tertiary/aromatic N) is 4. The number of ether oxygens (including phenoxy) is 1. The van der Waals surface area contributed by atoms with Crippen molar-refractivity contribution in [2.45, 2.75) is 45.4 Å². The maximum Gasteiger partial charge on any atom is 0.303 e. The molecule has 7 heteroatoms. The minimum atomic E-state index is -0.809. The van der Waals surface area contributed by atoms with E-state index in [2.05, 4.69) is 34.3 Å². The van der Waals surface area contributed by atoms with Crippen molar-refractivity contribution >= 4 is 5.97 Å². The number of fused-ring (bicyclic) bond motifs is 1. The summed E-state index contributed by atoms with van der Waals surface area (Å²) in [6.07, 6.45) is 0.509. The van der Waals surface area contributed by atoms with Crippen LogP contribution in [-0.2, 0) is 30.8 Å². The monoisotopic (exact) mass is 330 g/mol. The van der Waals surface area contributed by atoms with Gasteiger partial charge >= 0.3 is 5.97 Å². The molecule has 24 heavy (non-hydrogen) atoms. The van der Waals surface area contributed by atoms with Crippen molar-refractivity contribution < 1.29 is 14.6 Å². The highest BCUT2D eigenvalue weighted by Gasteiger charge is 2.26. The van der Waals surface area contributed by atoms with Gasteiger partial charge in [0.05, 0.1) is 31.5 Å². The number of hydrogen-bond donors (Lipinski definition) is 1. The molecule has 1 aromatic carbocycles. The molecular weight excluding hydrogens is 308 g/mol. The van der Waals surface area contributed by atoms with Crippen molar-refractivity contribution in [3.8, 4) is 5.75 Å². The predicted molar refractivity (Wildman–Crippen MR) is 87.7 cm³/mol. The molecule has 0 saturated heterocycles. The summed E-state index contributed by atoms with van der Waals surface area (Å²) in [7, 11) is 1.66. The topological polar surface area (TPSA) is 80.5 Å². The summed E-state index contributed by atoms with van der Waals surface area (Å²) in [5.41, 5.74) is 3.04. The second-order valence-electron chi connectivity index (χ2n) is 6.16. The molecule has 1 N–H and O–H groups in total. The minimum absolute atomic E-state index is 0.0831. The second-order valence-corrected chi connectivity index (χ2v) is 6.16. The molecule has 0 saturated carbocycles. The lowest BCUT2D eigenvalue weighted by molar-refractivity contribution is -0.136. The third-order valence-corrected chi connectivity index (χ3v) is 4.45. The molecule has 0 amide bonds. The molecule has 0 fully saturated rings. The molecule has 1 atom stereocenters. The Kier molecular flexibility index (Phi) is 4.80. The van der Waals surface area contributed by atoms with Gasteiger partial charge in [-0.1, -0.05) is 17.3 Å². The number of aliphatic carboxylic acids is 1. The van der Waals surface area contributed by atoms with Gasteiger partial charge in [-0.05, 0) is 24.6 Å². The molecule has 0 radical (unpaired) electrons. The molecule has 2 aromatic rings. The van der Waals surface area contributed by atoms with Crippen LogP contribution in [0.25, 0.3) is 0 Å². The smallest absolute Gasteiger partial charge is 0.303 e. The van der Waals surface area contributed by atoms with Crippen molar-refractivity contribution in [2.24, 2.45) is 0 Å². The molecule has 1 aliphatic heterocycles. The van der Waals surface area contributed by atoms with Gasteiger partial charge in [-0.2, -0.15) is 0 Å². The number of carboxylic acids is 1. The summed E-state index contributed by atoms with van der Waals surface area (Å²) < 4.78 is 7.11. The van der Waals surface area contributed by atoms with E-state index in [-0.39, 0.29) is 6.42 Å². The van der Waals surface area contributed by atoms with E-state index in [0.29, 0.717) is 12.5 Å². The Hall–Kier alpha value is -2.41. The molecule has 0 aliphatic carbocycles. The molecular formula is C17H22N4O3. The van der Waals surface area contributed by atoms with E-state index in [4.69, 9.17) is 9.84 Å². The summed E-state index contributed by atoms with van der Waals surface area (Å²) in [5, 5.41) is 17.2. The van der Waals surface area contributed by atoms with Gasteiger partial charge in [-0.25, -0.2) is 4.68 Å². The molecule has 3 rings (SSSR count). The van der Waals surface area contributed by atoms with Gasteiger partial charge in [-0.15, -0.1) is 5.10 Å². The number of rotatable bonds is 6. The SMILES string of the molecule is COc1ccc(CN2Cc3c(CCC(=O)O)nnn3C[C@@H]2C)cc1. The number of carbonyl (C=O) groups is 1. The Morgan fingerprint density at radius 1 is 1.38 bits per heavy atom. The first-order valence-corrected chi connectivity index (χ1v) is 8.07. The van der Waals surface area contributed by atoms with Crippen molar-refractivity contribution in [1.82, 2.24) is 19.9 Å². The van der Waals surface area contributed by atoms with Gasteiger partial charge in [0.2, 0.25) is 0 Å². The van der Waals surface area contributed by atoms with Crippen molar-refractivity contribution in [1.29, 1.82) is 0 Å². The Bertz CT molecular complexity index is 711. The summed E-state index contributed by atoms with van der Waals surface area (Å²) in [6, 6.07) is 8.41. The normalized spacial score (nSPS) is 17.5. The fraction of sp³-hybridized carbons (Fsp3) is 0.471. The molecule has 7 nitrogen and oxygen atoms in total. The van der Waals surface area contributed by atoms with Gasteiger partial charge < -0.3 is 9.84 Å². The van der Waals surface area contributed by atoms with Crippen LogP contribution in [0.2, 0.25) is 0 Å². The number of carboxylic acid groups (broad SMARTS) is 1. The fourth-order valence-corrected chi connectivity index (χ4v) is 3.00. The average molecular weight is 330 g/mol. The first kappa shape index (κ1) is 16.4. The maximum absolute atomic E-state index is 10.8. The van der Waals surface area contributed by atoms with E-state index in [0.717, 1.165) is 36.8 Å². The first-order valence-electron chi connectivity index (χ1n) is 8.07. The Morgan fingerprint density at radius 2 is 2.12 bits per heavy atom. The highest BCUT2D eigenvalue weighted by Crippen LogP contribution is 2.22. The number of aromatic nitrogens is 3. The molecule has 0 unspecified atom stereocenters. The summed E-state index contributed by atoms with van der Waals surface area (Å²) in [5.74, 6) is 0.0414. The van der Waals surface area contributed by atoms with E-state index < -0.39 is 5.97 Å². The quantitative estimate of drug-likeness (QED) is 0.868. The van der Waals surface area contributed by atoms with Crippen LogP contribution in [-0.4, -0.2) is 44.1 Å². The minimum Gasteiger partial charge on any atom is -0.497 e. The standard InChI is InChI=1S/C17H22N4O3/c1-12-9-21-16(15(18-19-21)7-8-17(22)23)11-20(12)10-13-3-5-14(24-2)6-4-13/h3-6,12H,7-11H2,1-2H3,(H,22,23)/t12-/m0/s1. The highest BCUT2D eigenvalue weighted by molar-refractivity contribution is 5.67. The molecule has 1 aliphatic rings. The zero-order valence-electron chi connectivity index (χ0n) is 14.0. The lowest BCUT2D eigenvalue weighted by Crippen LogP contribution is -2.41. The number of hydrogen-bond acceptors (Lipinski definition) is 5. The first-order chi connectivity index (χ1) is 11.6. The molecule has 1 aromatic heterocycles. The summed E-state index contributed by atoms with van der Waals surface area (Å²) in [6.45, 7) is 4.50. The predicted octanol–water partition coefficient (Wildman–Crippen LogP) is 1.71. The zero-order valence-corrected chi connectivity index (χ0v) is 14.0. The van der Waals surface area contributed by atoms with Crippen LogP contribution in [0.4, 0.5) is 0 Å². The third kappa shape index (κ3) is 3.56. The average Bonchev–Trinajstić information content (AvgIpc) is 2.96. The van der Waals surface area contributed by atoms with Crippen molar-refractivity contribution in [3.63, 3.8) is 0 Å². The zero-order chi connectivity index (χ0) is 17.1. The molecule has 0 spiro atoms. The number of aryl methyl sites for hydroxylation is 1. The van der Waals surface area contributed by atoms with Crippen molar-refractivity contribution in [2.75, 3.05) is 7.11 Å². The summed E-state index contributed by atoms with van der Waals surface area (Å²) in [4.78, 5) is 13.2. The van der Waals surface area contributed by atoms with Crippen LogP contribution in [0.3, 0.4) is 0 Å². The van der Waals surface area contributed by atoms with Crippen LogP contribution in [0, 0.1) is 0 Å². The third-order valence-electron chi connectivity index (χ3n) is 4.45. The Morgan fingerprint density at radius 3 is 2.79 bits per heavy atom. The van der Waals surface area contributed by atoms with E-state index in [1.165, 1.54) is 5.56 Å². The van der Waals surface area contributed by atoms with Gasteiger partial charge in [0.25, 0.3) is 0 Å². The van der Waals surface area contributed by atoms with Crippen LogP contribution in [0.5, 0.6) is 5.75 Å². The van der Waals surface area contributed by atoms with E-state index in [1.54, 1.807) is 7.11 Å². The van der Waals surface area contributed by atoms with Crippen LogP contribution >= 0.6 is 0 Å². The fourth-order valence-electron chi connectivity index (χ4n) is 3.00. The van der Waals surface area contributed by atoms with Crippen LogP contribution < -0.4 is 4.74 Å². The summed E-state index contributed by atoms with van der Waals surface area (Å²) >= 11 is 0. The molecule has 128 valence electrons. The van der Waals surface area contributed by atoms with Crippen LogP contribution in [0.15, 0.2) is 24.3 Å². The Balaban J connectivity index is 1.72. The lowest BCUT2D eigenvalue weighted by Gasteiger charge is -2.33. The lowest BCUT2D eigenvalue weighted by atomic mass is 10.1. The molecule has 2 heterocycles. The second kappa shape index (κ2) is 7.00. The largest absolute Gasteiger partial charge is 0.497 e. The van der Waals surface area contributed by atoms with Gasteiger partial charge in [-0.3, -0.25) is 9.69 Å². The van der Waals surface area contributed by atoms with Crippen molar-refractivity contribution in [3.05, 3.63) is 41.2 Å². The number of methoxy groups -OCH3 is 1. The highest BCUT2D eigenvalue weighted by atomic mass is 16.5. The maximum atomic E-state index is 10.8. The molecule has 0 bridgehead atoms. The number of benzene rings is 1. The van der Waals surface area contributed by atoms with E-state index in [1.807, 2.05) is 16.8 Å². The van der Waals surface area contributed by atoms with E-state index in [9.17, 15) is 4.79 Å². The van der Waals surface area contributed by atoms with Gasteiger partial charge in [0.15, 0.2) is 0 Å².